The molecule has 0 unspecified atom stereocenters. The zero-order valence-electron chi connectivity index (χ0n) is 18.7. The molecule has 0 bridgehead atoms. The number of anilines is 1. The van der Waals surface area contributed by atoms with Crippen molar-refractivity contribution >= 4 is 23.7 Å². The second-order valence-corrected chi connectivity index (χ2v) is 7.20. The van der Waals surface area contributed by atoms with Crippen LogP contribution >= 0.6 is 0 Å². The van der Waals surface area contributed by atoms with Crippen LogP contribution in [0.5, 0.6) is 11.5 Å². The van der Waals surface area contributed by atoms with Gasteiger partial charge in [0.25, 0.3) is 0 Å². The number of ether oxygens (including phenoxy) is 2. The smallest absolute Gasteiger partial charge is 0.240 e. The molecular weight excluding hydrogens is 394 g/mol. The van der Waals surface area contributed by atoms with Crippen molar-refractivity contribution in [3.63, 3.8) is 0 Å². The first kappa shape index (κ1) is 23.9. The molecule has 2 N–H and O–H groups in total. The highest BCUT2D eigenvalue weighted by molar-refractivity contribution is 5.94. The first-order chi connectivity index (χ1) is 14.9. The maximum Gasteiger partial charge on any atom is 0.240 e. The van der Waals surface area contributed by atoms with Crippen LogP contribution in [0.1, 0.15) is 49.3 Å². The number of hydrogen-bond acceptors (Lipinski definition) is 5. The van der Waals surface area contributed by atoms with Crippen molar-refractivity contribution in [2.75, 3.05) is 19.0 Å². The fourth-order valence-electron chi connectivity index (χ4n) is 2.77. The van der Waals surface area contributed by atoms with E-state index in [9.17, 15) is 9.59 Å². The largest absolute Gasteiger partial charge is 0.493 e. The van der Waals surface area contributed by atoms with Crippen LogP contribution in [-0.2, 0) is 9.59 Å². The Morgan fingerprint density at radius 2 is 1.84 bits per heavy atom. The molecule has 0 aliphatic heterocycles. The van der Waals surface area contributed by atoms with Gasteiger partial charge in [0.1, 0.15) is 0 Å². The van der Waals surface area contributed by atoms with Gasteiger partial charge in [0.15, 0.2) is 11.5 Å². The lowest BCUT2D eigenvalue weighted by Gasteiger charge is -2.10. The third kappa shape index (κ3) is 7.77. The van der Waals surface area contributed by atoms with Crippen molar-refractivity contribution < 1.29 is 19.1 Å². The molecule has 2 aromatic carbocycles. The first-order valence-corrected chi connectivity index (χ1v) is 10.4. The molecule has 0 atom stereocenters. The van der Waals surface area contributed by atoms with Crippen molar-refractivity contribution in [1.29, 1.82) is 0 Å². The Balaban J connectivity index is 1.81. The van der Waals surface area contributed by atoms with Gasteiger partial charge in [0, 0.05) is 18.5 Å². The van der Waals surface area contributed by atoms with Crippen LogP contribution < -0.4 is 20.2 Å². The van der Waals surface area contributed by atoms with Gasteiger partial charge in [-0.15, -0.1) is 0 Å². The fraction of sp³-hybridized carbons (Fsp3) is 0.375. The molecule has 0 saturated carbocycles. The average Bonchev–Trinajstić information content (AvgIpc) is 2.76. The second kappa shape index (κ2) is 12.4. The van der Waals surface area contributed by atoms with Crippen molar-refractivity contribution in [2.24, 2.45) is 5.10 Å². The normalized spacial score (nSPS) is 10.7. The molecule has 0 heterocycles. The van der Waals surface area contributed by atoms with Crippen LogP contribution in [0, 0.1) is 13.8 Å². The van der Waals surface area contributed by atoms with Crippen LogP contribution in [0.4, 0.5) is 5.69 Å². The van der Waals surface area contributed by atoms with E-state index in [4.69, 9.17) is 9.47 Å². The number of benzene rings is 2. The number of aryl methyl sites for hydroxylation is 1. The SMILES string of the molecule is CCCCOc1ccc(C=NNC(=O)CCC(=O)Nc2cccc(C)c2C)cc1OC. The minimum Gasteiger partial charge on any atom is -0.493 e. The summed E-state index contributed by atoms with van der Waals surface area (Å²) in [6.07, 6.45) is 3.67. The highest BCUT2D eigenvalue weighted by Crippen LogP contribution is 2.27. The zero-order valence-corrected chi connectivity index (χ0v) is 18.7. The van der Waals surface area contributed by atoms with Crippen molar-refractivity contribution in [1.82, 2.24) is 5.43 Å². The molecule has 2 rings (SSSR count). The van der Waals surface area contributed by atoms with Crippen LogP contribution in [0.25, 0.3) is 0 Å². The standard InChI is InChI=1S/C24H31N3O4/c1-5-6-14-31-21-11-10-19(15-22(21)30-4)16-25-27-24(29)13-12-23(28)26-20-9-7-8-17(2)18(20)3/h7-11,15-16H,5-6,12-14H2,1-4H3,(H,26,28)(H,27,29). The van der Waals surface area contributed by atoms with Gasteiger partial charge in [-0.25, -0.2) is 5.43 Å². The molecule has 7 nitrogen and oxygen atoms in total. The van der Waals surface area contributed by atoms with Crippen LogP contribution in [0.2, 0.25) is 0 Å². The monoisotopic (exact) mass is 425 g/mol. The third-order valence-corrected chi connectivity index (χ3v) is 4.80. The van der Waals surface area contributed by atoms with E-state index in [1.165, 1.54) is 6.21 Å². The molecule has 0 aliphatic rings. The molecule has 2 amide bonds. The predicted octanol–water partition coefficient (Wildman–Crippen LogP) is 4.36. The minimum absolute atomic E-state index is 0.0432. The molecule has 7 heteroatoms. The number of unbranched alkanes of at least 4 members (excludes halogenated alkanes) is 1. The van der Waals surface area contributed by atoms with Crippen molar-refractivity contribution in [3.8, 4) is 11.5 Å². The van der Waals surface area contributed by atoms with Crippen LogP contribution in [0.3, 0.4) is 0 Å². The summed E-state index contributed by atoms with van der Waals surface area (Å²) in [4.78, 5) is 24.1. The molecular formula is C24H31N3O4. The number of nitrogens with zero attached hydrogens (tertiary/aromatic N) is 1. The summed E-state index contributed by atoms with van der Waals surface area (Å²) in [5, 5.41) is 6.80. The Labute approximate surface area is 183 Å². The highest BCUT2D eigenvalue weighted by Gasteiger charge is 2.09. The Hall–Kier alpha value is -3.35. The lowest BCUT2D eigenvalue weighted by molar-refractivity contribution is -0.124. The summed E-state index contributed by atoms with van der Waals surface area (Å²) in [6.45, 7) is 6.67. The Kier molecular flexibility index (Phi) is 9.55. The minimum atomic E-state index is -0.334. The molecule has 166 valence electrons. The average molecular weight is 426 g/mol. The van der Waals surface area contributed by atoms with Gasteiger partial charge in [-0.3, -0.25) is 9.59 Å². The number of hydrazone groups is 1. The van der Waals surface area contributed by atoms with Gasteiger partial charge in [-0.2, -0.15) is 5.10 Å². The molecule has 0 aromatic heterocycles. The van der Waals surface area contributed by atoms with Gasteiger partial charge in [-0.05, 0) is 61.2 Å². The number of methoxy groups -OCH3 is 1. The Morgan fingerprint density at radius 3 is 2.58 bits per heavy atom. The molecule has 2 aromatic rings. The number of nitrogens with one attached hydrogen (secondary N) is 2. The number of rotatable bonds is 11. The molecule has 0 aliphatic carbocycles. The van der Waals surface area contributed by atoms with Crippen molar-refractivity contribution in [3.05, 3.63) is 53.1 Å². The van der Waals surface area contributed by atoms with Gasteiger partial charge in [0.05, 0.1) is 19.9 Å². The quantitative estimate of drug-likeness (QED) is 0.318. The van der Waals surface area contributed by atoms with Gasteiger partial charge >= 0.3 is 0 Å². The predicted molar refractivity (Wildman–Crippen MR) is 123 cm³/mol. The zero-order chi connectivity index (χ0) is 22.6. The maximum absolute atomic E-state index is 12.1. The van der Waals surface area contributed by atoms with Gasteiger partial charge in [0.2, 0.25) is 11.8 Å². The lowest BCUT2D eigenvalue weighted by Crippen LogP contribution is -2.21. The summed E-state index contributed by atoms with van der Waals surface area (Å²) in [6, 6.07) is 11.2. The first-order valence-electron chi connectivity index (χ1n) is 10.4. The fourth-order valence-corrected chi connectivity index (χ4v) is 2.77. The van der Waals surface area contributed by atoms with Gasteiger partial charge < -0.3 is 14.8 Å². The lowest BCUT2D eigenvalue weighted by atomic mass is 10.1. The van der Waals surface area contributed by atoms with Gasteiger partial charge in [-0.1, -0.05) is 25.5 Å². The Bertz CT molecular complexity index is 925. The van der Waals surface area contributed by atoms with Crippen LogP contribution in [-0.4, -0.2) is 31.7 Å². The van der Waals surface area contributed by atoms with E-state index in [2.05, 4.69) is 22.8 Å². The van der Waals surface area contributed by atoms with E-state index in [0.717, 1.165) is 35.2 Å². The third-order valence-electron chi connectivity index (χ3n) is 4.80. The maximum atomic E-state index is 12.1. The summed E-state index contributed by atoms with van der Waals surface area (Å²) >= 11 is 0. The van der Waals surface area contributed by atoms with E-state index in [-0.39, 0.29) is 24.7 Å². The van der Waals surface area contributed by atoms with E-state index in [0.29, 0.717) is 18.1 Å². The van der Waals surface area contributed by atoms with Crippen molar-refractivity contribution in [2.45, 2.75) is 46.5 Å². The van der Waals surface area contributed by atoms with E-state index in [1.807, 2.05) is 44.2 Å². The summed E-state index contributed by atoms with van der Waals surface area (Å²) < 4.78 is 11.1. The highest BCUT2D eigenvalue weighted by atomic mass is 16.5. The number of carbonyl (C=O) groups excluding carboxylic acids is 2. The number of amides is 2. The molecule has 0 radical (unpaired) electrons. The summed E-state index contributed by atoms with van der Waals surface area (Å²) in [5.74, 6) is 0.733. The molecule has 31 heavy (non-hydrogen) atoms. The molecule has 0 saturated heterocycles. The second-order valence-electron chi connectivity index (χ2n) is 7.20. The summed E-state index contributed by atoms with van der Waals surface area (Å²) in [7, 11) is 1.58. The van der Waals surface area contributed by atoms with E-state index >= 15 is 0 Å². The van der Waals surface area contributed by atoms with E-state index < -0.39 is 0 Å². The molecule has 0 spiro atoms. The molecule has 0 fully saturated rings. The number of carbonyl (C=O) groups is 2. The summed E-state index contributed by atoms with van der Waals surface area (Å²) in [5.41, 5.74) is 6.08. The Morgan fingerprint density at radius 1 is 1.06 bits per heavy atom. The van der Waals surface area contributed by atoms with Crippen LogP contribution in [0.15, 0.2) is 41.5 Å². The number of hydrogen-bond donors (Lipinski definition) is 2. The van der Waals surface area contributed by atoms with E-state index in [1.54, 1.807) is 13.2 Å². The topological polar surface area (TPSA) is 89.0 Å².